The number of rotatable bonds is 4. The van der Waals surface area contributed by atoms with E-state index in [1.807, 2.05) is 26.1 Å². The normalized spacial score (nSPS) is 14.5. The summed E-state index contributed by atoms with van der Waals surface area (Å²) in [6.45, 7) is 4.80. The van der Waals surface area contributed by atoms with E-state index in [0.29, 0.717) is 30.3 Å². The molecule has 0 aromatic carbocycles. The van der Waals surface area contributed by atoms with Crippen molar-refractivity contribution >= 4 is 28.4 Å². The molecule has 3 aromatic heterocycles. The number of fused-ring (bicyclic) bond motifs is 1. The molecule has 9 nitrogen and oxygen atoms in total. The quantitative estimate of drug-likeness (QED) is 0.728. The minimum atomic E-state index is -0.977. The van der Waals surface area contributed by atoms with Crippen LogP contribution in [0.1, 0.15) is 16.1 Å². The molecule has 28 heavy (non-hydrogen) atoms. The summed E-state index contributed by atoms with van der Waals surface area (Å²) in [5.74, 6) is -0.394. The van der Waals surface area contributed by atoms with Crippen molar-refractivity contribution in [1.82, 2.24) is 19.7 Å². The Hall–Kier alpha value is -3.36. The molecule has 9 heteroatoms. The summed E-state index contributed by atoms with van der Waals surface area (Å²) in [4.78, 5) is 24.8. The average molecular weight is 382 g/mol. The molecule has 0 spiro atoms. The second-order valence-electron chi connectivity index (χ2n) is 6.77. The molecule has 0 saturated carbocycles. The third-order valence-corrected chi connectivity index (χ3v) is 5.12. The molecule has 4 heterocycles. The van der Waals surface area contributed by atoms with Crippen molar-refractivity contribution in [2.75, 3.05) is 43.1 Å². The van der Waals surface area contributed by atoms with Gasteiger partial charge in [0.15, 0.2) is 5.65 Å². The number of pyridine rings is 2. The van der Waals surface area contributed by atoms with Crippen LogP contribution in [0.25, 0.3) is 11.0 Å². The lowest BCUT2D eigenvalue weighted by Crippen LogP contribution is -2.47. The van der Waals surface area contributed by atoms with Crippen molar-refractivity contribution in [3.8, 4) is 5.88 Å². The molecular weight excluding hydrogens is 360 g/mol. The van der Waals surface area contributed by atoms with Gasteiger partial charge in [-0.05, 0) is 13.0 Å². The Morgan fingerprint density at radius 3 is 2.43 bits per heavy atom. The highest BCUT2D eigenvalue weighted by molar-refractivity contribution is 6.04. The van der Waals surface area contributed by atoms with Gasteiger partial charge in [0.05, 0.1) is 35.8 Å². The van der Waals surface area contributed by atoms with Gasteiger partial charge in [0.1, 0.15) is 5.56 Å². The number of carboxylic acid groups (broad SMARTS) is 1. The molecular formula is C19H22N6O3. The number of methoxy groups -OCH3 is 1. The molecule has 0 atom stereocenters. The zero-order chi connectivity index (χ0) is 19.8. The van der Waals surface area contributed by atoms with Crippen molar-refractivity contribution in [2.45, 2.75) is 6.92 Å². The second-order valence-corrected chi connectivity index (χ2v) is 6.77. The number of hydrogen-bond donors (Lipinski definition) is 1. The zero-order valence-electron chi connectivity index (χ0n) is 16.1. The molecule has 1 N–H and O–H groups in total. The van der Waals surface area contributed by atoms with Crippen LogP contribution in [0.2, 0.25) is 0 Å². The minimum Gasteiger partial charge on any atom is -0.481 e. The Morgan fingerprint density at radius 2 is 1.82 bits per heavy atom. The fourth-order valence-electron chi connectivity index (χ4n) is 3.75. The number of piperazine rings is 1. The Balaban J connectivity index is 1.64. The molecule has 3 aromatic rings. The average Bonchev–Trinajstić information content (AvgIpc) is 3.01. The molecule has 146 valence electrons. The molecule has 1 saturated heterocycles. The first-order valence-electron chi connectivity index (χ1n) is 9.05. The van der Waals surface area contributed by atoms with Crippen LogP contribution in [0.15, 0.2) is 24.5 Å². The predicted octanol–water partition coefficient (Wildman–Crippen LogP) is 1.71. The van der Waals surface area contributed by atoms with E-state index in [0.717, 1.165) is 29.9 Å². The molecule has 1 aliphatic heterocycles. The van der Waals surface area contributed by atoms with Crippen LogP contribution in [0, 0.1) is 6.92 Å². The maximum atomic E-state index is 11.8. The van der Waals surface area contributed by atoms with Crippen LogP contribution >= 0.6 is 0 Å². The van der Waals surface area contributed by atoms with Crippen LogP contribution < -0.4 is 14.5 Å². The van der Waals surface area contributed by atoms with Gasteiger partial charge in [0.2, 0.25) is 5.88 Å². The maximum Gasteiger partial charge on any atom is 0.339 e. The minimum absolute atomic E-state index is 0.211. The van der Waals surface area contributed by atoms with Gasteiger partial charge in [-0.15, -0.1) is 0 Å². The summed E-state index contributed by atoms with van der Waals surface area (Å²) in [6.07, 6.45) is 3.23. The summed E-state index contributed by atoms with van der Waals surface area (Å²) in [7, 11) is 3.41. The number of aromatic nitrogens is 4. The lowest BCUT2D eigenvalue weighted by atomic mass is 10.1. The Morgan fingerprint density at radius 1 is 1.11 bits per heavy atom. The fraction of sp³-hybridized carbons (Fsp3) is 0.368. The third-order valence-electron chi connectivity index (χ3n) is 5.12. The van der Waals surface area contributed by atoms with E-state index in [-0.39, 0.29) is 5.56 Å². The van der Waals surface area contributed by atoms with E-state index in [2.05, 4.69) is 24.9 Å². The fourth-order valence-corrected chi connectivity index (χ4v) is 3.75. The van der Waals surface area contributed by atoms with E-state index in [4.69, 9.17) is 4.74 Å². The highest BCUT2D eigenvalue weighted by Gasteiger charge is 2.26. The van der Waals surface area contributed by atoms with Crippen molar-refractivity contribution < 1.29 is 14.6 Å². The van der Waals surface area contributed by atoms with Gasteiger partial charge in [-0.1, -0.05) is 0 Å². The smallest absolute Gasteiger partial charge is 0.339 e. The van der Waals surface area contributed by atoms with Gasteiger partial charge in [-0.3, -0.25) is 4.68 Å². The number of carboxylic acids is 1. The van der Waals surface area contributed by atoms with Crippen LogP contribution in [-0.4, -0.2) is 64.1 Å². The first-order chi connectivity index (χ1) is 13.5. The lowest BCUT2D eigenvalue weighted by molar-refractivity contribution is 0.0697. The van der Waals surface area contributed by atoms with Crippen molar-refractivity contribution in [3.63, 3.8) is 0 Å². The largest absolute Gasteiger partial charge is 0.481 e. The molecule has 0 radical (unpaired) electrons. The van der Waals surface area contributed by atoms with Gasteiger partial charge in [0, 0.05) is 45.5 Å². The number of hydrogen-bond acceptors (Lipinski definition) is 7. The number of aryl methyl sites for hydroxylation is 2. The standard InChI is InChI=1S/C19H22N6O3/c1-12-16-17(14(19(26)27)11-21-18(16)23(2)22-12)25-8-6-24(7-9-25)13-4-5-15(28-3)20-10-13/h4-5,10-11H,6-9H2,1-3H3,(H,26,27). The highest BCUT2D eigenvalue weighted by Crippen LogP contribution is 2.33. The number of carbonyl (C=O) groups is 1. The van der Waals surface area contributed by atoms with Crippen LogP contribution in [0.4, 0.5) is 11.4 Å². The lowest BCUT2D eigenvalue weighted by Gasteiger charge is -2.38. The van der Waals surface area contributed by atoms with Crippen molar-refractivity contribution in [2.24, 2.45) is 7.05 Å². The summed E-state index contributed by atoms with van der Waals surface area (Å²) >= 11 is 0. The molecule has 1 fully saturated rings. The van der Waals surface area contributed by atoms with E-state index >= 15 is 0 Å². The summed E-state index contributed by atoms with van der Waals surface area (Å²) in [5.41, 5.74) is 3.42. The first kappa shape index (κ1) is 18.0. The van der Waals surface area contributed by atoms with E-state index in [9.17, 15) is 9.90 Å². The third kappa shape index (κ3) is 2.98. The number of nitrogens with zero attached hydrogens (tertiary/aromatic N) is 6. The number of anilines is 2. The predicted molar refractivity (Wildman–Crippen MR) is 105 cm³/mol. The maximum absolute atomic E-state index is 11.8. The van der Waals surface area contributed by atoms with E-state index < -0.39 is 5.97 Å². The molecule has 0 unspecified atom stereocenters. The van der Waals surface area contributed by atoms with Gasteiger partial charge in [-0.2, -0.15) is 5.10 Å². The zero-order valence-corrected chi connectivity index (χ0v) is 16.1. The van der Waals surface area contributed by atoms with E-state index in [1.165, 1.54) is 6.20 Å². The van der Waals surface area contributed by atoms with Gasteiger partial charge >= 0.3 is 5.97 Å². The van der Waals surface area contributed by atoms with Crippen molar-refractivity contribution in [1.29, 1.82) is 0 Å². The molecule has 4 rings (SSSR count). The topological polar surface area (TPSA) is 96.6 Å². The van der Waals surface area contributed by atoms with Crippen LogP contribution in [0.5, 0.6) is 5.88 Å². The Labute approximate surface area is 162 Å². The van der Waals surface area contributed by atoms with Crippen molar-refractivity contribution in [3.05, 3.63) is 35.8 Å². The van der Waals surface area contributed by atoms with E-state index in [1.54, 1.807) is 18.0 Å². The molecule has 0 aliphatic carbocycles. The highest BCUT2D eigenvalue weighted by atomic mass is 16.5. The Kier molecular flexibility index (Phi) is 4.50. The van der Waals surface area contributed by atoms with Crippen LogP contribution in [0.3, 0.4) is 0 Å². The SMILES string of the molecule is COc1ccc(N2CCN(c3c(C(=O)O)cnc4c3c(C)nn4C)CC2)cn1. The Bertz CT molecular complexity index is 1020. The molecule has 0 amide bonds. The monoisotopic (exact) mass is 382 g/mol. The summed E-state index contributed by atoms with van der Waals surface area (Å²) in [5, 5.41) is 14.9. The first-order valence-corrected chi connectivity index (χ1v) is 9.05. The second kappa shape index (κ2) is 6.99. The van der Waals surface area contributed by atoms with Gasteiger partial charge < -0.3 is 19.6 Å². The molecule has 0 bridgehead atoms. The summed E-state index contributed by atoms with van der Waals surface area (Å²) in [6, 6.07) is 3.83. The number of aromatic carboxylic acids is 1. The summed E-state index contributed by atoms with van der Waals surface area (Å²) < 4.78 is 6.81. The van der Waals surface area contributed by atoms with Crippen LogP contribution in [-0.2, 0) is 7.05 Å². The van der Waals surface area contributed by atoms with Gasteiger partial charge in [0.25, 0.3) is 0 Å². The van der Waals surface area contributed by atoms with Gasteiger partial charge in [-0.25, -0.2) is 14.8 Å². The number of ether oxygens (including phenoxy) is 1. The molecule has 1 aliphatic rings.